The van der Waals surface area contributed by atoms with Gasteiger partial charge in [0, 0.05) is 10.9 Å². The van der Waals surface area contributed by atoms with Crippen LogP contribution in [0.4, 0.5) is 44.3 Å². The van der Waals surface area contributed by atoms with E-state index < -0.39 is 72.2 Å². The highest BCUT2D eigenvalue weighted by molar-refractivity contribution is 7.13. The Morgan fingerprint density at radius 3 is 2.03 bits per heavy atom. The summed E-state index contributed by atoms with van der Waals surface area (Å²) in [6.07, 6.45) is -17.7. The average molecular weight is 584 g/mol. The topological polar surface area (TPSA) is 62.7 Å². The summed E-state index contributed by atoms with van der Waals surface area (Å²) in [6.45, 7) is 0.346. The third-order valence-electron chi connectivity index (χ3n) is 6.05. The Kier molecular flexibility index (Phi) is 7.36. The van der Waals surface area contributed by atoms with Crippen molar-refractivity contribution in [1.29, 1.82) is 0 Å². The van der Waals surface area contributed by atoms with Gasteiger partial charge in [-0.15, -0.1) is 11.3 Å². The third kappa shape index (κ3) is 5.98. The van der Waals surface area contributed by atoms with Crippen LogP contribution in [0.3, 0.4) is 0 Å². The molecule has 1 aliphatic rings. The number of thiazole rings is 1. The lowest BCUT2D eigenvalue weighted by Crippen LogP contribution is -2.32. The lowest BCUT2D eigenvalue weighted by molar-refractivity contribution is -0.143. The molecule has 210 valence electrons. The smallest absolute Gasteiger partial charge is 0.416 e. The van der Waals surface area contributed by atoms with Gasteiger partial charge in [-0.05, 0) is 48.4 Å². The highest BCUT2D eigenvalue weighted by atomic mass is 32.1. The molecule has 15 heteroatoms. The van der Waals surface area contributed by atoms with Crippen LogP contribution in [0.15, 0.2) is 41.8 Å². The first-order chi connectivity index (χ1) is 18.0. The molecule has 1 fully saturated rings. The largest absolute Gasteiger partial charge is 0.439 e. The van der Waals surface area contributed by atoms with E-state index in [-0.39, 0.29) is 27.9 Å². The minimum Gasteiger partial charge on any atom is -0.439 e. The maximum atomic E-state index is 13.4. The minimum absolute atomic E-state index is 0.0480. The van der Waals surface area contributed by atoms with E-state index >= 15 is 0 Å². The van der Waals surface area contributed by atoms with E-state index in [1.807, 2.05) is 0 Å². The number of benzene rings is 2. The van der Waals surface area contributed by atoms with E-state index in [2.05, 4.69) is 4.98 Å². The van der Waals surface area contributed by atoms with Crippen LogP contribution in [0.2, 0.25) is 0 Å². The zero-order chi connectivity index (χ0) is 28.9. The number of alkyl halides is 9. The molecule has 1 aliphatic heterocycles. The van der Waals surface area contributed by atoms with Gasteiger partial charge in [0.1, 0.15) is 11.1 Å². The van der Waals surface area contributed by atoms with E-state index in [1.54, 1.807) is 0 Å². The van der Waals surface area contributed by atoms with Gasteiger partial charge in [-0.25, -0.2) is 9.78 Å². The fourth-order valence-electron chi connectivity index (χ4n) is 4.10. The summed E-state index contributed by atoms with van der Waals surface area (Å²) in [5, 5.41) is 11.0. The van der Waals surface area contributed by atoms with Crippen molar-refractivity contribution in [3.63, 3.8) is 0 Å². The second-order valence-electron chi connectivity index (χ2n) is 8.68. The van der Waals surface area contributed by atoms with E-state index in [1.165, 1.54) is 12.3 Å². The van der Waals surface area contributed by atoms with Crippen LogP contribution in [-0.4, -0.2) is 27.1 Å². The molecule has 2 aromatic carbocycles. The SMILES string of the molecule is C[C@H]1[C@@H](c2cc(C(F)(F)F)cc(C(F)(F)F)c2)OC(=O)N1Cc1cc(C(F)(F)F)ccc1-c1nc(CO)cs1. The molecule has 5 nitrogen and oxygen atoms in total. The van der Waals surface area contributed by atoms with Gasteiger partial charge in [0.05, 0.1) is 41.6 Å². The zero-order valence-corrected chi connectivity index (χ0v) is 20.4. The van der Waals surface area contributed by atoms with Crippen LogP contribution in [0.1, 0.15) is 46.5 Å². The molecule has 1 aromatic heterocycles. The maximum Gasteiger partial charge on any atom is 0.416 e. The average Bonchev–Trinajstić information content (AvgIpc) is 3.42. The molecule has 1 saturated heterocycles. The molecule has 0 saturated carbocycles. The normalized spacial score (nSPS) is 18.5. The van der Waals surface area contributed by atoms with Gasteiger partial charge in [-0.2, -0.15) is 39.5 Å². The summed E-state index contributed by atoms with van der Waals surface area (Å²) in [5.41, 5.74) is -4.43. The number of nitrogens with zero attached hydrogens (tertiary/aromatic N) is 2. The number of hydrogen-bond acceptors (Lipinski definition) is 5. The van der Waals surface area contributed by atoms with Crippen molar-refractivity contribution in [2.24, 2.45) is 0 Å². The number of rotatable bonds is 5. The molecule has 1 N–H and O–H groups in total. The zero-order valence-electron chi connectivity index (χ0n) is 19.6. The number of aromatic nitrogens is 1. The van der Waals surface area contributed by atoms with E-state index in [0.29, 0.717) is 12.1 Å². The Labute approximate surface area is 218 Å². The first-order valence-corrected chi connectivity index (χ1v) is 11.9. The summed E-state index contributed by atoms with van der Waals surface area (Å²) < 4.78 is 125. The number of carbonyl (C=O) groups excluding carboxylic acids is 1. The fraction of sp³-hybridized carbons (Fsp3) is 0.333. The standard InChI is InChI=1S/C24H17F9N2O3S/c1-11-19(12-4-15(23(28,29)30)7-16(5-12)24(31,32)33)38-21(37)35(11)8-13-6-14(22(25,26)27)2-3-18(13)20-34-17(9-36)10-39-20/h2-7,10-11,19,36H,8-9H2,1H3/t11-,19-/m0/s1. The summed E-state index contributed by atoms with van der Waals surface area (Å²) in [6, 6.07) is 2.36. The Morgan fingerprint density at radius 2 is 1.51 bits per heavy atom. The predicted molar refractivity (Wildman–Crippen MR) is 119 cm³/mol. The number of hydrogen-bond donors (Lipinski definition) is 1. The number of ether oxygens (including phenoxy) is 1. The number of carbonyl (C=O) groups is 1. The molecule has 0 bridgehead atoms. The second-order valence-corrected chi connectivity index (χ2v) is 9.54. The van der Waals surface area contributed by atoms with Crippen molar-refractivity contribution in [3.8, 4) is 10.6 Å². The van der Waals surface area contributed by atoms with Gasteiger partial charge >= 0.3 is 24.6 Å². The molecule has 0 spiro atoms. The van der Waals surface area contributed by atoms with Crippen molar-refractivity contribution in [2.45, 2.75) is 50.8 Å². The van der Waals surface area contributed by atoms with Crippen LogP contribution in [0.25, 0.3) is 10.6 Å². The highest BCUT2D eigenvalue weighted by Crippen LogP contribution is 2.42. The van der Waals surface area contributed by atoms with Gasteiger partial charge in [0.2, 0.25) is 0 Å². The Morgan fingerprint density at radius 1 is 0.923 bits per heavy atom. The summed E-state index contributed by atoms with van der Waals surface area (Å²) >= 11 is 1.02. The monoisotopic (exact) mass is 584 g/mol. The Balaban J connectivity index is 1.73. The fourth-order valence-corrected chi connectivity index (χ4v) is 4.97. The molecular weight excluding hydrogens is 567 g/mol. The Hall–Kier alpha value is -3.33. The molecule has 3 aromatic rings. The van der Waals surface area contributed by atoms with Crippen molar-refractivity contribution in [1.82, 2.24) is 9.88 Å². The van der Waals surface area contributed by atoms with Gasteiger partial charge in [-0.3, -0.25) is 4.90 Å². The third-order valence-corrected chi connectivity index (χ3v) is 6.97. The van der Waals surface area contributed by atoms with Crippen molar-refractivity contribution >= 4 is 17.4 Å². The second kappa shape index (κ2) is 10.0. The number of aliphatic hydroxyl groups excluding tert-OH is 1. The van der Waals surface area contributed by atoms with E-state index in [4.69, 9.17) is 4.74 Å². The molecule has 0 radical (unpaired) electrons. The molecule has 4 rings (SSSR count). The molecule has 0 unspecified atom stereocenters. The van der Waals surface area contributed by atoms with Crippen molar-refractivity contribution in [3.05, 3.63) is 75.3 Å². The van der Waals surface area contributed by atoms with Crippen LogP contribution in [0.5, 0.6) is 0 Å². The minimum atomic E-state index is -5.13. The van der Waals surface area contributed by atoms with Crippen LogP contribution >= 0.6 is 11.3 Å². The molecule has 1 amide bonds. The quantitative estimate of drug-likeness (QED) is 0.317. The molecule has 0 aliphatic carbocycles. The van der Waals surface area contributed by atoms with Gasteiger partial charge < -0.3 is 9.84 Å². The first kappa shape index (κ1) is 28.7. The van der Waals surface area contributed by atoms with Crippen LogP contribution in [0, 0.1) is 0 Å². The lowest BCUT2D eigenvalue weighted by atomic mass is 9.97. The van der Waals surface area contributed by atoms with Crippen LogP contribution in [-0.2, 0) is 36.4 Å². The van der Waals surface area contributed by atoms with Gasteiger partial charge in [0.25, 0.3) is 0 Å². The number of amides is 1. The van der Waals surface area contributed by atoms with Crippen LogP contribution < -0.4 is 0 Å². The van der Waals surface area contributed by atoms with E-state index in [0.717, 1.165) is 34.4 Å². The summed E-state index contributed by atoms with van der Waals surface area (Å²) in [5.74, 6) is 0. The molecular formula is C24H17F9N2O3S. The molecule has 2 atom stereocenters. The molecule has 39 heavy (non-hydrogen) atoms. The number of halogens is 9. The van der Waals surface area contributed by atoms with Crippen molar-refractivity contribution in [2.75, 3.05) is 0 Å². The van der Waals surface area contributed by atoms with E-state index in [9.17, 15) is 49.4 Å². The highest BCUT2D eigenvalue weighted by Gasteiger charge is 2.43. The van der Waals surface area contributed by atoms with Gasteiger partial charge in [0.15, 0.2) is 0 Å². The molecule has 2 heterocycles. The van der Waals surface area contributed by atoms with Gasteiger partial charge in [-0.1, -0.05) is 6.07 Å². The lowest BCUT2D eigenvalue weighted by Gasteiger charge is -2.23. The first-order valence-electron chi connectivity index (χ1n) is 11.0. The Bertz CT molecular complexity index is 1350. The number of aliphatic hydroxyl groups is 1. The predicted octanol–water partition coefficient (Wildman–Crippen LogP) is 7.44. The number of cyclic esters (lactones) is 1. The summed E-state index contributed by atoms with van der Waals surface area (Å²) in [4.78, 5) is 17.8. The van der Waals surface area contributed by atoms with Crippen molar-refractivity contribution < 1.29 is 54.2 Å². The maximum absolute atomic E-state index is 13.4. The summed E-state index contributed by atoms with van der Waals surface area (Å²) in [7, 11) is 0.